The second-order valence-electron chi connectivity index (χ2n) is 7.96. The van der Waals surface area contributed by atoms with Gasteiger partial charge < -0.3 is 20.4 Å². The summed E-state index contributed by atoms with van der Waals surface area (Å²) in [6.07, 6.45) is 7.88. The van der Waals surface area contributed by atoms with Gasteiger partial charge in [-0.1, -0.05) is 19.1 Å². The Morgan fingerprint density at radius 2 is 2.09 bits per heavy atom. The zero-order chi connectivity index (χ0) is 23.5. The van der Waals surface area contributed by atoms with Crippen molar-refractivity contribution in [3.05, 3.63) is 65.8 Å². The number of aromatic nitrogens is 3. The number of likely N-dealkylation sites (N-methyl/N-ethyl adjacent to an activating group) is 1. The lowest BCUT2D eigenvalue weighted by Crippen LogP contribution is -2.38. The average Bonchev–Trinajstić information content (AvgIpc) is 3.11. The van der Waals surface area contributed by atoms with Gasteiger partial charge in [0.05, 0.1) is 5.52 Å². The van der Waals surface area contributed by atoms with Crippen molar-refractivity contribution in [1.29, 1.82) is 0 Å². The summed E-state index contributed by atoms with van der Waals surface area (Å²) in [5, 5.41) is 3.37. The van der Waals surface area contributed by atoms with E-state index in [4.69, 9.17) is 10.5 Å². The highest BCUT2D eigenvalue weighted by atomic mass is 19.1. The normalized spacial score (nSPS) is 15.8. The molecule has 0 saturated carbocycles. The Morgan fingerprint density at radius 3 is 2.79 bits per heavy atom. The summed E-state index contributed by atoms with van der Waals surface area (Å²) in [4.78, 5) is 10.1. The molecule has 0 saturated heterocycles. The third kappa shape index (κ3) is 4.60. The molecule has 1 atom stereocenters. The first-order chi connectivity index (χ1) is 15.9. The Bertz CT molecular complexity index is 1220. The largest absolute Gasteiger partial charge is 0.433 e. The lowest BCUT2D eigenvalue weighted by atomic mass is 10.1. The Balaban J connectivity index is 1.51. The van der Waals surface area contributed by atoms with Crippen LogP contribution >= 0.6 is 0 Å². The number of ether oxygens (including phenoxy) is 1. The summed E-state index contributed by atoms with van der Waals surface area (Å²) in [7, 11) is 1.86. The highest BCUT2D eigenvalue weighted by Crippen LogP contribution is 2.33. The second-order valence-corrected chi connectivity index (χ2v) is 7.96. The van der Waals surface area contributed by atoms with Gasteiger partial charge >= 0.3 is 0 Å². The SMILES string of the molecule is CCN(CCN)C1C=CC(Nc2ncnc(Oc3ccc4c(cc(C)n4C)c3F)c2F)=CC1. The lowest BCUT2D eigenvalue weighted by Gasteiger charge is -2.29. The van der Waals surface area contributed by atoms with E-state index >= 15 is 4.39 Å². The van der Waals surface area contributed by atoms with Gasteiger partial charge in [0.15, 0.2) is 17.4 Å². The zero-order valence-electron chi connectivity index (χ0n) is 19.0. The molecule has 0 radical (unpaired) electrons. The van der Waals surface area contributed by atoms with Crippen molar-refractivity contribution in [3.63, 3.8) is 0 Å². The van der Waals surface area contributed by atoms with Gasteiger partial charge in [-0.3, -0.25) is 4.90 Å². The molecule has 2 aromatic heterocycles. The average molecular weight is 455 g/mol. The van der Waals surface area contributed by atoms with Crippen LogP contribution in [0.5, 0.6) is 11.6 Å². The van der Waals surface area contributed by atoms with Crippen molar-refractivity contribution in [3.8, 4) is 11.6 Å². The maximum Gasteiger partial charge on any atom is 0.261 e. The van der Waals surface area contributed by atoms with Gasteiger partial charge in [-0.2, -0.15) is 9.37 Å². The van der Waals surface area contributed by atoms with Crippen molar-refractivity contribution in [2.75, 3.05) is 25.0 Å². The minimum atomic E-state index is -0.795. The third-order valence-electron chi connectivity index (χ3n) is 5.96. The van der Waals surface area contributed by atoms with E-state index in [0.717, 1.165) is 30.7 Å². The quantitative estimate of drug-likeness (QED) is 0.530. The summed E-state index contributed by atoms with van der Waals surface area (Å²) in [6, 6.07) is 5.18. The molecule has 1 aliphatic rings. The number of hydrogen-bond donors (Lipinski definition) is 2. The molecule has 33 heavy (non-hydrogen) atoms. The van der Waals surface area contributed by atoms with E-state index in [0.29, 0.717) is 17.6 Å². The first-order valence-electron chi connectivity index (χ1n) is 10.9. The predicted molar refractivity (Wildman–Crippen MR) is 125 cm³/mol. The van der Waals surface area contributed by atoms with E-state index in [2.05, 4.69) is 33.2 Å². The topological polar surface area (TPSA) is 81.2 Å². The fraction of sp³-hybridized carbons (Fsp3) is 0.333. The van der Waals surface area contributed by atoms with Crippen LogP contribution in [0.2, 0.25) is 0 Å². The molecule has 9 heteroatoms. The molecule has 1 aliphatic carbocycles. The molecule has 0 spiro atoms. The highest BCUT2D eigenvalue weighted by molar-refractivity contribution is 5.83. The standard InChI is InChI=1S/C24H28F2N6O/c1-4-32(12-11-27)17-7-5-16(6-8-17)30-23-22(26)24(29-14-28-23)33-20-10-9-19-18(21(20)25)13-15(2)31(19)3/h5-7,9-10,13-14,17H,4,8,11-12,27H2,1-3H3,(H,28,29,30). The van der Waals surface area contributed by atoms with Crippen LogP contribution in [-0.2, 0) is 7.05 Å². The number of hydrogen-bond acceptors (Lipinski definition) is 6. The van der Waals surface area contributed by atoms with E-state index < -0.39 is 11.6 Å². The zero-order valence-corrected chi connectivity index (χ0v) is 19.0. The fourth-order valence-corrected chi connectivity index (χ4v) is 4.02. The van der Waals surface area contributed by atoms with Crippen LogP contribution in [0.25, 0.3) is 10.9 Å². The molecule has 7 nitrogen and oxygen atoms in total. The lowest BCUT2D eigenvalue weighted by molar-refractivity contribution is 0.247. The molecule has 1 unspecified atom stereocenters. The summed E-state index contributed by atoms with van der Waals surface area (Å²) in [6.45, 7) is 6.29. The van der Waals surface area contributed by atoms with Gasteiger partial charge in [0.1, 0.15) is 6.33 Å². The van der Waals surface area contributed by atoms with Crippen LogP contribution in [0.3, 0.4) is 0 Å². The molecule has 174 valence electrons. The minimum absolute atomic E-state index is 0.0410. The molecular weight excluding hydrogens is 426 g/mol. The van der Waals surface area contributed by atoms with Gasteiger partial charge in [0, 0.05) is 43.0 Å². The predicted octanol–water partition coefficient (Wildman–Crippen LogP) is 4.25. The van der Waals surface area contributed by atoms with Gasteiger partial charge in [0.2, 0.25) is 5.82 Å². The van der Waals surface area contributed by atoms with Crippen LogP contribution in [0.15, 0.2) is 48.5 Å². The minimum Gasteiger partial charge on any atom is -0.433 e. The van der Waals surface area contributed by atoms with Crippen molar-refractivity contribution in [2.45, 2.75) is 26.3 Å². The van der Waals surface area contributed by atoms with Crippen molar-refractivity contribution in [2.24, 2.45) is 12.8 Å². The molecule has 0 aliphatic heterocycles. The molecule has 0 fully saturated rings. The summed E-state index contributed by atoms with van der Waals surface area (Å²) in [5.74, 6) is -1.85. The van der Waals surface area contributed by atoms with E-state index in [-0.39, 0.29) is 23.5 Å². The highest BCUT2D eigenvalue weighted by Gasteiger charge is 2.20. The maximum atomic E-state index is 15.1. The van der Waals surface area contributed by atoms with E-state index in [1.807, 2.05) is 30.7 Å². The first kappa shape index (κ1) is 22.9. The number of nitrogens with zero attached hydrogens (tertiary/aromatic N) is 4. The van der Waals surface area contributed by atoms with Crippen LogP contribution in [0.4, 0.5) is 14.6 Å². The summed E-state index contributed by atoms with van der Waals surface area (Å²) >= 11 is 0. The van der Waals surface area contributed by atoms with Gasteiger partial charge in [-0.15, -0.1) is 0 Å². The summed E-state index contributed by atoms with van der Waals surface area (Å²) < 4.78 is 37.5. The van der Waals surface area contributed by atoms with Gasteiger partial charge in [0.25, 0.3) is 5.88 Å². The first-order valence-corrected chi connectivity index (χ1v) is 10.9. The molecule has 1 aromatic carbocycles. The number of allylic oxidation sites excluding steroid dienone is 1. The molecular formula is C24H28F2N6O. The fourth-order valence-electron chi connectivity index (χ4n) is 4.02. The van der Waals surface area contributed by atoms with Crippen LogP contribution in [0.1, 0.15) is 19.0 Å². The molecule has 3 N–H and O–H groups in total. The van der Waals surface area contributed by atoms with Gasteiger partial charge in [-0.05, 0) is 44.2 Å². The monoisotopic (exact) mass is 454 g/mol. The Kier molecular flexibility index (Phi) is 6.71. The van der Waals surface area contributed by atoms with Crippen LogP contribution < -0.4 is 15.8 Å². The number of benzene rings is 1. The Hall–Kier alpha value is -3.30. The van der Waals surface area contributed by atoms with Crippen molar-refractivity contribution >= 4 is 16.7 Å². The van der Waals surface area contributed by atoms with E-state index in [1.165, 1.54) is 12.4 Å². The van der Waals surface area contributed by atoms with Crippen molar-refractivity contribution < 1.29 is 13.5 Å². The number of nitrogens with two attached hydrogens (primary N) is 1. The number of anilines is 1. The number of rotatable bonds is 8. The molecule has 2 heterocycles. The molecule has 4 rings (SSSR count). The van der Waals surface area contributed by atoms with Gasteiger partial charge in [-0.25, -0.2) is 9.37 Å². The maximum absolute atomic E-state index is 15.1. The van der Waals surface area contributed by atoms with E-state index in [1.54, 1.807) is 12.1 Å². The molecule has 3 aromatic rings. The van der Waals surface area contributed by atoms with Crippen LogP contribution in [-0.4, -0.2) is 45.1 Å². The number of fused-ring (bicyclic) bond motifs is 1. The molecule has 0 amide bonds. The number of halogens is 2. The Morgan fingerprint density at radius 1 is 1.27 bits per heavy atom. The smallest absolute Gasteiger partial charge is 0.261 e. The van der Waals surface area contributed by atoms with Crippen molar-refractivity contribution in [1.82, 2.24) is 19.4 Å². The summed E-state index contributed by atoms with van der Waals surface area (Å²) in [5.41, 5.74) is 8.03. The Labute approximate surface area is 191 Å². The number of aryl methyl sites for hydroxylation is 2. The van der Waals surface area contributed by atoms with E-state index in [9.17, 15) is 4.39 Å². The third-order valence-corrected chi connectivity index (χ3v) is 5.96. The number of nitrogens with one attached hydrogen (secondary N) is 1. The van der Waals surface area contributed by atoms with Crippen LogP contribution in [0, 0.1) is 18.6 Å². The molecule has 0 bridgehead atoms. The second kappa shape index (κ2) is 9.68.